The highest BCUT2D eigenvalue weighted by molar-refractivity contribution is 5.44. The van der Waals surface area contributed by atoms with Gasteiger partial charge in [0.05, 0.1) is 6.10 Å². The van der Waals surface area contributed by atoms with Crippen molar-refractivity contribution in [2.24, 2.45) is 5.92 Å². The minimum absolute atomic E-state index is 0.463. The Morgan fingerprint density at radius 2 is 1.95 bits per heavy atom. The second-order valence-electron chi connectivity index (χ2n) is 5.31. The highest BCUT2D eigenvalue weighted by atomic mass is 16.6. The molecule has 0 amide bonds. The third kappa shape index (κ3) is 4.11. The van der Waals surface area contributed by atoms with Crippen LogP contribution in [-0.2, 0) is 0 Å². The first-order valence-corrected chi connectivity index (χ1v) is 6.95. The average molecular weight is 265 g/mol. The summed E-state index contributed by atoms with van der Waals surface area (Å²) in [5.41, 5.74) is 0.885. The number of hydrogen-bond acceptors (Lipinski definition) is 4. The fourth-order valence-electron chi connectivity index (χ4n) is 2.06. The maximum absolute atomic E-state index is 10.2. The Labute approximate surface area is 114 Å². The van der Waals surface area contributed by atoms with Crippen molar-refractivity contribution in [3.8, 4) is 11.5 Å². The van der Waals surface area contributed by atoms with Crippen molar-refractivity contribution < 1.29 is 14.6 Å². The van der Waals surface area contributed by atoms with Crippen LogP contribution in [0.1, 0.15) is 31.9 Å². The zero-order valence-corrected chi connectivity index (χ0v) is 11.7. The Bertz CT molecular complexity index is 406. The number of benzene rings is 1. The van der Waals surface area contributed by atoms with Gasteiger partial charge in [0.1, 0.15) is 13.2 Å². The molecule has 2 N–H and O–H groups in total. The van der Waals surface area contributed by atoms with E-state index in [1.165, 1.54) is 0 Å². The molecule has 4 heteroatoms. The summed E-state index contributed by atoms with van der Waals surface area (Å²) >= 11 is 0. The van der Waals surface area contributed by atoms with Gasteiger partial charge in [-0.2, -0.15) is 0 Å². The van der Waals surface area contributed by atoms with Crippen molar-refractivity contribution in [2.45, 2.75) is 26.4 Å². The predicted molar refractivity (Wildman–Crippen MR) is 74.7 cm³/mol. The van der Waals surface area contributed by atoms with Gasteiger partial charge in [-0.25, -0.2) is 0 Å². The van der Waals surface area contributed by atoms with Crippen LogP contribution in [0, 0.1) is 5.92 Å². The van der Waals surface area contributed by atoms with E-state index in [9.17, 15) is 5.11 Å². The first kappa shape index (κ1) is 14.2. The Morgan fingerprint density at radius 3 is 2.68 bits per heavy atom. The van der Waals surface area contributed by atoms with Gasteiger partial charge < -0.3 is 19.9 Å². The highest BCUT2D eigenvalue weighted by Gasteiger charge is 2.15. The van der Waals surface area contributed by atoms with Gasteiger partial charge in [0.25, 0.3) is 0 Å². The fraction of sp³-hybridized carbons (Fsp3) is 0.600. The molecule has 106 valence electrons. The molecule has 0 radical (unpaired) electrons. The van der Waals surface area contributed by atoms with Crippen molar-refractivity contribution >= 4 is 0 Å². The topological polar surface area (TPSA) is 50.7 Å². The molecule has 1 aromatic carbocycles. The maximum Gasteiger partial charge on any atom is 0.161 e. The molecule has 0 fully saturated rings. The van der Waals surface area contributed by atoms with Crippen LogP contribution in [0.5, 0.6) is 11.5 Å². The summed E-state index contributed by atoms with van der Waals surface area (Å²) in [6, 6.07) is 5.65. The Kier molecular flexibility index (Phi) is 5.05. The van der Waals surface area contributed by atoms with Gasteiger partial charge in [0.2, 0.25) is 0 Å². The number of hydrogen-bond donors (Lipinski definition) is 2. The van der Waals surface area contributed by atoms with Gasteiger partial charge in [-0.1, -0.05) is 19.9 Å². The molecule has 1 unspecified atom stereocenters. The van der Waals surface area contributed by atoms with Crippen LogP contribution in [0.25, 0.3) is 0 Å². The number of aliphatic hydroxyl groups is 1. The molecule has 1 heterocycles. The van der Waals surface area contributed by atoms with Gasteiger partial charge in [-0.05, 0) is 43.1 Å². The van der Waals surface area contributed by atoms with E-state index in [1.807, 2.05) is 18.2 Å². The second kappa shape index (κ2) is 6.78. The van der Waals surface area contributed by atoms with E-state index < -0.39 is 6.10 Å². The SMILES string of the molecule is CC(C)CNCCC(O)c1ccc2c(c1)OCCO2. The minimum atomic E-state index is -0.463. The molecule has 0 aliphatic carbocycles. The Morgan fingerprint density at radius 1 is 1.21 bits per heavy atom. The molecule has 0 aromatic heterocycles. The molecular weight excluding hydrogens is 242 g/mol. The van der Waals surface area contributed by atoms with E-state index in [1.54, 1.807) is 0 Å². The summed E-state index contributed by atoms with van der Waals surface area (Å²) in [6.07, 6.45) is 0.238. The first-order valence-electron chi connectivity index (χ1n) is 6.95. The van der Waals surface area contributed by atoms with Gasteiger partial charge in [0, 0.05) is 0 Å². The molecule has 1 aromatic rings. The van der Waals surface area contributed by atoms with E-state index >= 15 is 0 Å². The number of aliphatic hydroxyl groups excluding tert-OH is 1. The lowest BCUT2D eigenvalue weighted by Crippen LogP contribution is -2.22. The predicted octanol–water partition coefficient (Wildman–Crippen LogP) is 2.13. The smallest absolute Gasteiger partial charge is 0.161 e. The molecule has 1 aliphatic heterocycles. The average Bonchev–Trinajstić information content (AvgIpc) is 2.42. The molecule has 19 heavy (non-hydrogen) atoms. The monoisotopic (exact) mass is 265 g/mol. The van der Waals surface area contributed by atoms with Crippen LogP contribution in [0.15, 0.2) is 18.2 Å². The zero-order valence-electron chi connectivity index (χ0n) is 11.7. The van der Waals surface area contributed by atoms with E-state index in [0.717, 1.165) is 30.2 Å². The van der Waals surface area contributed by atoms with Crippen LogP contribution < -0.4 is 14.8 Å². The summed E-state index contributed by atoms with van der Waals surface area (Å²) < 4.78 is 11.0. The molecular formula is C15H23NO3. The van der Waals surface area contributed by atoms with E-state index in [-0.39, 0.29) is 0 Å². The summed E-state index contributed by atoms with van der Waals surface area (Å²) in [5.74, 6) is 2.13. The lowest BCUT2D eigenvalue weighted by molar-refractivity contribution is 0.159. The van der Waals surface area contributed by atoms with Crippen molar-refractivity contribution in [2.75, 3.05) is 26.3 Å². The number of ether oxygens (including phenoxy) is 2. The molecule has 0 saturated heterocycles. The summed E-state index contributed by atoms with van der Waals surface area (Å²) in [5, 5.41) is 13.5. The lowest BCUT2D eigenvalue weighted by Gasteiger charge is -2.20. The zero-order chi connectivity index (χ0) is 13.7. The van der Waals surface area contributed by atoms with Crippen LogP contribution in [0.2, 0.25) is 0 Å². The number of nitrogens with one attached hydrogen (secondary N) is 1. The second-order valence-corrected chi connectivity index (χ2v) is 5.31. The van der Waals surface area contributed by atoms with Crippen LogP contribution in [-0.4, -0.2) is 31.4 Å². The van der Waals surface area contributed by atoms with Gasteiger partial charge in [0.15, 0.2) is 11.5 Å². The standard InChI is InChI=1S/C15H23NO3/c1-11(2)10-16-6-5-13(17)12-3-4-14-15(9-12)19-8-7-18-14/h3-4,9,11,13,16-17H,5-8,10H2,1-2H3. The van der Waals surface area contributed by atoms with Gasteiger partial charge >= 0.3 is 0 Å². The van der Waals surface area contributed by atoms with E-state index in [0.29, 0.717) is 25.6 Å². The van der Waals surface area contributed by atoms with E-state index in [2.05, 4.69) is 19.2 Å². The number of fused-ring (bicyclic) bond motifs is 1. The van der Waals surface area contributed by atoms with Gasteiger partial charge in [-0.15, -0.1) is 0 Å². The maximum atomic E-state index is 10.2. The lowest BCUT2D eigenvalue weighted by atomic mass is 10.1. The van der Waals surface area contributed by atoms with Crippen molar-refractivity contribution in [3.63, 3.8) is 0 Å². The normalized spacial score (nSPS) is 15.6. The molecule has 2 rings (SSSR count). The van der Waals surface area contributed by atoms with Crippen molar-refractivity contribution in [1.82, 2.24) is 5.32 Å². The quantitative estimate of drug-likeness (QED) is 0.774. The molecule has 1 atom stereocenters. The Balaban J connectivity index is 1.86. The summed E-state index contributed by atoms with van der Waals surface area (Å²) in [6.45, 7) is 7.30. The summed E-state index contributed by atoms with van der Waals surface area (Å²) in [7, 11) is 0. The fourth-order valence-corrected chi connectivity index (χ4v) is 2.06. The van der Waals surface area contributed by atoms with Gasteiger partial charge in [-0.3, -0.25) is 0 Å². The number of rotatable bonds is 6. The van der Waals surface area contributed by atoms with E-state index in [4.69, 9.17) is 9.47 Å². The molecule has 4 nitrogen and oxygen atoms in total. The molecule has 0 bridgehead atoms. The summed E-state index contributed by atoms with van der Waals surface area (Å²) in [4.78, 5) is 0. The Hall–Kier alpha value is -1.26. The third-order valence-electron chi connectivity index (χ3n) is 3.10. The first-order chi connectivity index (χ1) is 9.16. The largest absolute Gasteiger partial charge is 0.486 e. The van der Waals surface area contributed by atoms with Crippen LogP contribution >= 0.6 is 0 Å². The molecule has 0 saturated carbocycles. The van der Waals surface area contributed by atoms with Crippen molar-refractivity contribution in [3.05, 3.63) is 23.8 Å². The minimum Gasteiger partial charge on any atom is -0.486 e. The van der Waals surface area contributed by atoms with Crippen molar-refractivity contribution in [1.29, 1.82) is 0 Å². The molecule has 1 aliphatic rings. The van der Waals surface area contributed by atoms with Crippen LogP contribution in [0.4, 0.5) is 0 Å². The van der Waals surface area contributed by atoms with Crippen LogP contribution in [0.3, 0.4) is 0 Å². The highest BCUT2D eigenvalue weighted by Crippen LogP contribution is 2.33. The third-order valence-corrected chi connectivity index (χ3v) is 3.10. The molecule has 0 spiro atoms.